The minimum absolute atomic E-state index is 0.0349. The van der Waals surface area contributed by atoms with Crippen LogP contribution in [0.2, 0.25) is 5.28 Å². The standard InChI is InChI=1S/C18H20ClN5O4/c1-21(9-11-7-5-6-8-12(11)28-4)13(25)10-24-14-15(20-17(24)19)22(2)18(27)23(3)16(14)26/h5-8H,9-10H2,1-4H3. The first-order valence-electron chi connectivity index (χ1n) is 8.43. The Balaban J connectivity index is 1.94. The first-order chi connectivity index (χ1) is 13.3. The van der Waals surface area contributed by atoms with Gasteiger partial charge in [0.2, 0.25) is 11.2 Å². The number of imidazole rings is 1. The molecule has 10 heteroatoms. The molecule has 28 heavy (non-hydrogen) atoms. The van der Waals surface area contributed by atoms with Crippen LogP contribution in [0, 0.1) is 0 Å². The van der Waals surface area contributed by atoms with Crippen molar-refractivity contribution in [2.75, 3.05) is 14.2 Å². The zero-order chi connectivity index (χ0) is 20.6. The lowest BCUT2D eigenvalue weighted by Gasteiger charge is -2.19. The first-order valence-corrected chi connectivity index (χ1v) is 8.81. The zero-order valence-electron chi connectivity index (χ0n) is 16.0. The Labute approximate surface area is 165 Å². The summed E-state index contributed by atoms with van der Waals surface area (Å²) in [7, 11) is 6.08. The van der Waals surface area contributed by atoms with E-state index in [1.165, 1.54) is 28.1 Å². The van der Waals surface area contributed by atoms with Gasteiger partial charge in [0.05, 0.1) is 7.11 Å². The van der Waals surface area contributed by atoms with Gasteiger partial charge in [0, 0.05) is 33.3 Å². The monoisotopic (exact) mass is 405 g/mol. The highest BCUT2D eigenvalue weighted by atomic mass is 35.5. The SMILES string of the molecule is COc1ccccc1CN(C)C(=O)Cn1c(Cl)nc2c1c(=O)n(C)c(=O)n2C. The van der Waals surface area contributed by atoms with Crippen LogP contribution in [0.4, 0.5) is 0 Å². The summed E-state index contributed by atoms with van der Waals surface area (Å²) < 4.78 is 8.81. The summed E-state index contributed by atoms with van der Waals surface area (Å²) in [5, 5.41) is -0.0349. The van der Waals surface area contributed by atoms with Crippen LogP contribution in [-0.2, 0) is 32.0 Å². The van der Waals surface area contributed by atoms with Crippen LogP contribution in [-0.4, -0.2) is 43.6 Å². The van der Waals surface area contributed by atoms with E-state index in [-0.39, 0.29) is 28.9 Å². The first kappa shape index (κ1) is 19.7. The Morgan fingerprint density at radius 3 is 2.57 bits per heavy atom. The maximum absolute atomic E-state index is 12.8. The Kier molecular flexibility index (Phi) is 5.28. The van der Waals surface area contributed by atoms with Crippen molar-refractivity contribution in [3.8, 4) is 5.75 Å². The Hall–Kier alpha value is -3.07. The van der Waals surface area contributed by atoms with Crippen molar-refractivity contribution in [3.05, 3.63) is 56.0 Å². The highest BCUT2D eigenvalue weighted by molar-refractivity contribution is 6.29. The Bertz CT molecular complexity index is 1180. The third kappa shape index (κ3) is 3.29. The zero-order valence-corrected chi connectivity index (χ0v) is 16.7. The van der Waals surface area contributed by atoms with E-state index >= 15 is 0 Å². The van der Waals surface area contributed by atoms with Gasteiger partial charge in [0.15, 0.2) is 11.2 Å². The number of para-hydroxylation sites is 1. The molecular formula is C18H20ClN5O4. The van der Waals surface area contributed by atoms with Crippen molar-refractivity contribution in [1.29, 1.82) is 0 Å². The number of halogens is 1. The number of benzene rings is 1. The predicted octanol–water partition coefficient (Wildman–Crippen LogP) is 0.754. The summed E-state index contributed by atoms with van der Waals surface area (Å²) in [6, 6.07) is 7.40. The number of hydrogen-bond acceptors (Lipinski definition) is 5. The minimum Gasteiger partial charge on any atom is -0.496 e. The number of fused-ring (bicyclic) bond motifs is 1. The third-order valence-electron chi connectivity index (χ3n) is 4.62. The lowest BCUT2D eigenvalue weighted by atomic mass is 10.2. The molecule has 0 aliphatic heterocycles. The van der Waals surface area contributed by atoms with Crippen molar-refractivity contribution in [3.63, 3.8) is 0 Å². The number of ether oxygens (including phenoxy) is 1. The fourth-order valence-electron chi connectivity index (χ4n) is 3.00. The number of aromatic nitrogens is 4. The molecule has 9 nitrogen and oxygen atoms in total. The topological polar surface area (TPSA) is 91.4 Å². The Morgan fingerprint density at radius 2 is 1.89 bits per heavy atom. The summed E-state index contributed by atoms with van der Waals surface area (Å²) in [4.78, 5) is 43.0. The second-order valence-electron chi connectivity index (χ2n) is 6.41. The van der Waals surface area contributed by atoms with E-state index in [0.717, 1.165) is 10.1 Å². The van der Waals surface area contributed by atoms with Crippen LogP contribution >= 0.6 is 11.6 Å². The molecule has 0 radical (unpaired) electrons. The van der Waals surface area contributed by atoms with E-state index in [1.807, 2.05) is 24.3 Å². The molecule has 0 spiro atoms. The number of methoxy groups -OCH3 is 1. The Morgan fingerprint density at radius 1 is 1.21 bits per heavy atom. The number of hydrogen-bond donors (Lipinski definition) is 0. The molecule has 0 N–H and O–H groups in total. The second-order valence-corrected chi connectivity index (χ2v) is 6.74. The second kappa shape index (κ2) is 7.51. The fourth-order valence-corrected chi connectivity index (χ4v) is 3.22. The van der Waals surface area contributed by atoms with Crippen molar-refractivity contribution < 1.29 is 9.53 Å². The quantitative estimate of drug-likeness (QED) is 0.584. The van der Waals surface area contributed by atoms with Crippen molar-refractivity contribution in [2.45, 2.75) is 13.1 Å². The fraction of sp³-hybridized carbons (Fsp3) is 0.333. The third-order valence-corrected chi connectivity index (χ3v) is 4.91. The predicted molar refractivity (Wildman–Crippen MR) is 105 cm³/mol. The lowest BCUT2D eigenvalue weighted by molar-refractivity contribution is -0.131. The van der Waals surface area contributed by atoms with Crippen LogP contribution in [0.5, 0.6) is 5.75 Å². The van der Waals surface area contributed by atoms with E-state index < -0.39 is 11.2 Å². The molecule has 0 bridgehead atoms. The number of carbonyl (C=O) groups excluding carboxylic acids is 1. The molecule has 3 aromatic rings. The van der Waals surface area contributed by atoms with Gasteiger partial charge in [-0.1, -0.05) is 18.2 Å². The maximum Gasteiger partial charge on any atom is 0.332 e. The minimum atomic E-state index is -0.558. The van der Waals surface area contributed by atoms with Gasteiger partial charge in [-0.3, -0.25) is 23.3 Å². The highest BCUT2D eigenvalue weighted by Gasteiger charge is 2.21. The van der Waals surface area contributed by atoms with Crippen molar-refractivity contribution in [2.24, 2.45) is 14.1 Å². The van der Waals surface area contributed by atoms with E-state index in [9.17, 15) is 14.4 Å². The highest BCUT2D eigenvalue weighted by Crippen LogP contribution is 2.20. The smallest absolute Gasteiger partial charge is 0.332 e. The summed E-state index contributed by atoms with van der Waals surface area (Å²) in [5.41, 5.74) is 0.0174. The van der Waals surface area contributed by atoms with E-state index in [2.05, 4.69) is 4.98 Å². The molecule has 0 unspecified atom stereocenters. The number of nitrogens with zero attached hydrogens (tertiary/aromatic N) is 5. The molecule has 0 saturated heterocycles. The van der Waals surface area contributed by atoms with Crippen molar-refractivity contribution in [1.82, 2.24) is 23.6 Å². The van der Waals surface area contributed by atoms with Crippen LogP contribution in [0.3, 0.4) is 0 Å². The normalized spacial score (nSPS) is 11.0. The van der Waals surface area contributed by atoms with Gasteiger partial charge < -0.3 is 9.64 Å². The van der Waals surface area contributed by atoms with Crippen LogP contribution in [0.15, 0.2) is 33.9 Å². The molecule has 0 saturated carbocycles. The van der Waals surface area contributed by atoms with Crippen LogP contribution < -0.4 is 16.0 Å². The molecule has 1 amide bonds. The summed E-state index contributed by atoms with van der Waals surface area (Å²) in [5.74, 6) is 0.403. The summed E-state index contributed by atoms with van der Waals surface area (Å²) in [6.45, 7) is 0.137. The van der Waals surface area contributed by atoms with Gasteiger partial charge in [0.1, 0.15) is 12.3 Å². The molecule has 0 fully saturated rings. The molecule has 0 aliphatic carbocycles. The van der Waals surface area contributed by atoms with Gasteiger partial charge in [-0.05, 0) is 17.7 Å². The molecule has 148 valence electrons. The van der Waals surface area contributed by atoms with Crippen LogP contribution in [0.1, 0.15) is 5.56 Å². The van der Waals surface area contributed by atoms with E-state index in [1.54, 1.807) is 14.2 Å². The molecule has 2 heterocycles. The molecule has 3 rings (SSSR count). The maximum atomic E-state index is 12.8. The van der Waals surface area contributed by atoms with Gasteiger partial charge in [0.25, 0.3) is 5.56 Å². The molecular weight excluding hydrogens is 386 g/mol. The lowest BCUT2D eigenvalue weighted by Crippen LogP contribution is -2.38. The number of carbonyl (C=O) groups is 1. The number of rotatable bonds is 5. The van der Waals surface area contributed by atoms with Gasteiger partial charge in [-0.2, -0.15) is 4.98 Å². The molecule has 1 aromatic carbocycles. The van der Waals surface area contributed by atoms with Gasteiger partial charge >= 0.3 is 5.69 Å². The largest absolute Gasteiger partial charge is 0.496 e. The van der Waals surface area contributed by atoms with E-state index in [4.69, 9.17) is 16.3 Å². The van der Waals surface area contributed by atoms with Crippen LogP contribution in [0.25, 0.3) is 11.2 Å². The number of likely N-dealkylation sites (N-methyl/N-ethyl adjacent to an activating group) is 1. The summed E-state index contributed by atoms with van der Waals surface area (Å²) in [6.07, 6.45) is 0. The van der Waals surface area contributed by atoms with E-state index in [0.29, 0.717) is 12.3 Å². The average molecular weight is 406 g/mol. The molecule has 0 aliphatic rings. The van der Waals surface area contributed by atoms with Gasteiger partial charge in [-0.15, -0.1) is 0 Å². The number of amides is 1. The van der Waals surface area contributed by atoms with Gasteiger partial charge in [-0.25, -0.2) is 4.79 Å². The molecule has 0 atom stereocenters. The average Bonchev–Trinajstić information content (AvgIpc) is 3.01. The number of aryl methyl sites for hydroxylation is 1. The molecule has 2 aromatic heterocycles. The van der Waals surface area contributed by atoms with Crippen molar-refractivity contribution >= 4 is 28.7 Å². The summed E-state index contributed by atoms with van der Waals surface area (Å²) >= 11 is 6.17.